The number of benzene rings is 1. The monoisotopic (exact) mass is 338 g/mol. The highest BCUT2D eigenvalue weighted by Crippen LogP contribution is 2.27. The maximum Gasteiger partial charge on any atom is 0.335 e. The van der Waals surface area contributed by atoms with Crippen molar-refractivity contribution in [3.05, 3.63) is 41.0 Å². The van der Waals surface area contributed by atoms with Crippen molar-refractivity contribution >= 4 is 35.2 Å². The number of rotatable bonds is 4. The summed E-state index contributed by atoms with van der Waals surface area (Å²) in [6.07, 6.45) is 1.25. The van der Waals surface area contributed by atoms with Crippen molar-refractivity contribution < 1.29 is 9.59 Å². The first-order chi connectivity index (χ1) is 10.8. The summed E-state index contributed by atoms with van der Waals surface area (Å²) in [6.45, 7) is 0.236. The standard InChI is InChI=1S/C12H15ClN8O2/c13-8-3-1-7(2-4-8)6-19-10(21(17)12(15)23)9(5-18-19)20(16)11(14)22/h1-5H,6,16-17H2,(H2,14,22)(H2,15,23). The topological polar surface area (TPSA) is 163 Å². The Morgan fingerprint density at radius 2 is 1.65 bits per heavy atom. The average Bonchev–Trinajstić information content (AvgIpc) is 2.91. The van der Waals surface area contributed by atoms with Crippen LogP contribution < -0.4 is 33.2 Å². The van der Waals surface area contributed by atoms with Gasteiger partial charge in [0.1, 0.15) is 5.69 Å². The number of aromatic nitrogens is 2. The number of anilines is 2. The number of nitrogens with zero attached hydrogens (tertiary/aromatic N) is 4. The third-order valence-corrected chi connectivity index (χ3v) is 3.25. The minimum absolute atomic E-state index is 0.0220. The number of hydrazine groups is 2. The molecular weight excluding hydrogens is 324 g/mol. The Bertz CT molecular complexity index is 729. The summed E-state index contributed by atoms with van der Waals surface area (Å²) < 4.78 is 1.35. The number of hydrogen-bond donors (Lipinski definition) is 4. The van der Waals surface area contributed by atoms with E-state index in [1.807, 2.05) is 0 Å². The van der Waals surface area contributed by atoms with E-state index in [0.717, 1.165) is 5.56 Å². The van der Waals surface area contributed by atoms with Gasteiger partial charge in [0, 0.05) is 5.02 Å². The van der Waals surface area contributed by atoms with E-state index < -0.39 is 12.1 Å². The van der Waals surface area contributed by atoms with Crippen LogP contribution in [0.5, 0.6) is 0 Å². The molecule has 0 bridgehead atoms. The van der Waals surface area contributed by atoms with Crippen LogP contribution in [-0.2, 0) is 6.54 Å². The van der Waals surface area contributed by atoms with Gasteiger partial charge in [-0.1, -0.05) is 23.7 Å². The normalized spacial score (nSPS) is 10.4. The summed E-state index contributed by atoms with van der Waals surface area (Å²) in [5.74, 6) is 11.2. The second-order valence-corrected chi connectivity index (χ2v) is 4.99. The smallest absolute Gasteiger partial charge is 0.335 e. The quantitative estimate of drug-likeness (QED) is 0.352. The minimum atomic E-state index is -0.957. The van der Waals surface area contributed by atoms with E-state index in [1.165, 1.54) is 10.9 Å². The molecule has 0 radical (unpaired) electrons. The van der Waals surface area contributed by atoms with Crippen LogP contribution in [-0.4, -0.2) is 21.8 Å². The zero-order valence-electron chi connectivity index (χ0n) is 11.9. The van der Waals surface area contributed by atoms with Gasteiger partial charge in [-0.3, -0.25) is 0 Å². The van der Waals surface area contributed by atoms with Crippen molar-refractivity contribution in [2.45, 2.75) is 6.54 Å². The van der Waals surface area contributed by atoms with Gasteiger partial charge in [-0.25, -0.2) is 36.0 Å². The fourth-order valence-electron chi connectivity index (χ4n) is 1.89. The van der Waals surface area contributed by atoms with E-state index in [-0.39, 0.29) is 18.1 Å². The molecule has 11 heteroatoms. The molecule has 0 atom stereocenters. The molecule has 0 aliphatic carbocycles. The molecule has 1 aromatic carbocycles. The van der Waals surface area contributed by atoms with Crippen LogP contribution in [0.25, 0.3) is 0 Å². The molecule has 0 saturated carbocycles. The zero-order chi connectivity index (χ0) is 17.1. The predicted octanol–water partition coefficient (Wildman–Crippen LogP) is 0.102. The molecule has 2 rings (SSSR count). The Kier molecular flexibility index (Phi) is 4.69. The summed E-state index contributed by atoms with van der Waals surface area (Å²) in [7, 11) is 0. The lowest BCUT2D eigenvalue weighted by molar-refractivity contribution is 0.252. The van der Waals surface area contributed by atoms with E-state index in [0.29, 0.717) is 15.0 Å². The molecule has 23 heavy (non-hydrogen) atoms. The van der Waals surface area contributed by atoms with Crippen molar-refractivity contribution in [1.29, 1.82) is 0 Å². The number of amides is 4. The summed E-state index contributed by atoms with van der Waals surface area (Å²) in [6, 6.07) is 5.04. The summed E-state index contributed by atoms with van der Waals surface area (Å²) >= 11 is 5.83. The third kappa shape index (κ3) is 3.51. The first-order valence-electron chi connectivity index (χ1n) is 6.30. The predicted molar refractivity (Wildman–Crippen MR) is 85.3 cm³/mol. The van der Waals surface area contributed by atoms with Crippen LogP contribution in [0.3, 0.4) is 0 Å². The van der Waals surface area contributed by atoms with Crippen LogP contribution >= 0.6 is 11.6 Å². The van der Waals surface area contributed by atoms with Gasteiger partial charge in [-0.2, -0.15) is 5.10 Å². The second-order valence-electron chi connectivity index (χ2n) is 4.55. The molecule has 0 aliphatic rings. The number of nitrogens with two attached hydrogens (primary N) is 4. The molecule has 0 unspecified atom stereocenters. The molecule has 10 nitrogen and oxygen atoms in total. The number of halogens is 1. The number of carbonyl (C=O) groups is 2. The molecule has 0 aliphatic heterocycles. The van der Waals surface area contributed by atoms with Crippen LogP contribution in [0, 0.1) is 0 Å². The molecule has 8 N–H and O–H groups in total. The van der Waals surface area contributed by atoms with Crippen molar-refractivity contribution in [2.24, 2.45) is 23.2 Å². The molecule has 122 valence electrons. The first kappa shape index (κ1) is 16.5. The van der Waals surface area contributed by atoms with Crippen LogP contribution in [0.15, 0.2) is 30.5 Å². The van der Waals surface area contributed by atoms with Gasteiger partial charge in [0.05, 0.1) is 12.7 Å². The van der Waals surface area contributed by atoms with Gasteiger partial charge in [-0.15, -0.1) is 0 Å². The lowest BCUT2D eigenvalue weighted by Gasteiger charge is -2.20. The maximum atomic E-state index is 11.4. The van der Waals surface area contributed by atoms with Gasteiger partial charge in [-0.05, 0) is 17.7 Å². The SMILES string of the molecule is NC(=O)N(N)c1cnn(Cc2ccc(Cl)cc2)c1N(N)C(N)=O. The fraction of sp³-hybridized carbons (Fsp3) is 0.0833. The molecule has 1 heterocycles. The van der Waals surface area contributed by atoms with Gasteiger partial charge in [0.25, 0.3) is 0 Å². The van der Waals surface area contributed by atoms with E-state index in [4.69, 9.17) is 34.8 Å². The van der Waals surface area contributed by atoms with E-state index in [2.05, 4.69) is 5.10 Å². The van der Waals surface area contributed by atoms with Crippen molar-refractivity contribution in [1.82, 2.24) is 9.78 Å². The first-order valence-corrected chi connectivity index (χ1v) is 6.67. The number of urea groups is 2. The van der Waals surface area contributed by atoms with Gasteiger partial charge in [0.2, 0.25) is 0 Å². The third-order valence-electron chi connectivity index (χ3n) is 3.00. The molecule has 2 aromatic rings. The number of primary amides is 2. The second kappa shape index (κ2) is 6.52. The number of hydrogen-bond acceptors (Lipinski definition) is 5. The molecule has 1 aromatic heterocycles. The zero-order valence-corrected chi connectivity index (χ0v) is 12.6. The largest absolute Gasteiger partial charge is 0.350 e. The molecule has 4 amide bonds. The minimum Gasteiger partial charge on any atom is -0.350 e. The Balaban J connectivity index is 2.44. The fourth-order valence-corrected chi connectivity index (χ4v) is 2.01. The Labute approximate surface area is 136 Å². The van der Waals surface area contributed by atoms with E-state index in [9.17, 15) is 9.59 Å². The van der Waals surface area contributed by atoms with Gasteiger partial charge >= 0.3 is 12.1 Å². The highest BCUT2D eigenvalue weighted by atomic mass is 35.5. The Morgan fingerprint density at radius 1 is 1.09 bits per heavy atom. The summed E-state index contributed by atoms with van der Waals surface area (Å²) in [5.41, 5.74) is 11.2. The average molecular weight is 339 g/mol. The summed E-state index contributed by atoms with van der Waals surface area (Å²) in [4.78, 5) is 22.6. The van der Waals surface area contributed by atoms with E-state index >= 15 is 0 Å². The van der Waals surface area contributed by atoms with E-state index in [1.54, 1.807) is 24.3 Å². The van der Waals surface area contributed by atoms with Crippen molar-refractivity contribution in [3.63, 3.8) is 0 Å². The van der Waals surface area contributed by atoms with Crippen molar-refractivity contribution in [3.8, 4) is 0 Å². The molecule has 0 fully saturated rings. The van der Waals surface area contributed by atoms with Crippen LogP contribution in [0.2, 0.25) is 5.02 Å². The lowest BCUT2D eigenvalue weighted by Crippen LogP contribution is -2.46. The van der Waals surface area contributed by atoms with Gasteiger partial charge in [0.15, 0.2) is 5.82 Å². The maximum absolute atomic E-state index is 11.4. The van der Waals surface area contributed by atoms with Crippen LogP contribution in [0.4, 0.5) is 21.1 Å². The van der Waals surface area contributed by atoms with Crippen LogP contribution in [0.1, 0.15) is 5.56 Å². The molecule has 0 spiro atoms. The highest BCUT2D eigenvalue weighted by Gasteiger charge is 2.24. The summed E-state index contributed by atoms with van der Waals surface area (Å²) in [5, 5.41) is 5.88. The van der Waals surface area contributed by atoms with Gasteiger partial charge < -0.3 is 11.5 Å². The van der Waals surface area contributed by atoms with Crippen molar-refractivity contribution in [2.75, 3.05) is 10.0 Å². The number of carbonyl (C=O) groups excluding carboxylic acids is 2. The Hall–Kier alpha value is -2.82. The Morgan fingerprint density at radius 3 is 2.17 bits per heavy atom. The highest BCUT2D eigenvalue weighted by molar-refractivity contribution is 6.30. The lowest BCUT2D eigenvalue weighted by atomic mass is 10.2. The molecule has 0 saturated heterocycles. The molecular formula is C12H15ClN8O2.